The number of hydrogen-bond acceptors (Lipinski definition) is 5. The quantitative estimate of drug-likeness (QED) is 0.253. The number of nitrogens with zero attached hydrogens (tertiary/aromatic N) is 7. The fraction of sp³-hybridized carbons (Fsp3) is 0.382. The Morgan fingerprint density at radius 2 is 1.84 bits per heavy atom. The number of likely N-dealkylation sites (N-methyl/N-ethyl adjacent to an activating group) is 1. The van der Waals surface area contributed by atoms with Crippen LogP contribution in [0.15, 0.2) is 60.9 Å². The van der Waals surface area contributed by atoms with E-state index in [-0.39, 0.29) is 17.5 Å². The van der Waals surface area contributed by atoms with Gasteiger partial charge in [0.25, 0.3) is 5.91 Å². The van der Waals surface area contributed by atoms with Crippen LogP contribution in [0.1, 0.15) is 52.2 Å². The molecule has 4 aromatic rings. The van der Waals surface area contributed by atoms with Crippen LogP contribution in [-0.2, 0) is 32.6 Å². The van der Waals surface area contributed by atoms with E-state index in [0.717, 1.165) is 36.5 Å². The molecule has 2 aliphatic rings. The van der Waals surface area contributed by atoms with Gasteiger partial charge in [-0.15, -0.1) is 0 Å². The minimum absolute atomic E-state index is 0.0175. The van der Waals surface area contributed by atoms with Crippen LogP contribution in [-0.4, -0.2) is 74.8 Å². The first-order valence-corrected chi connectivity index (χ1v) is 15.2. The molecule has 2 aliphatic heterocycles. The van der Waals surface area contributed by atoms with Crippen molar-refractivity contribution in [1.82, 2.24) is 29.1 Å². The summed E-state index contributed by atoms with van der Waals surface area (Å²) in [4.78, 5) is 24.9. The minimum Gasteiger partial charge on any atom is -0.362 e. The van der Waals surface area contributed by atoms with Crippen molar-refractivity contribution in [1.29, 1.82) is 0 Å². The lowest BCUT2D eigenvalue weighted by molar-refractivity contribution is -0.140. The molecule has 6 rings (SSSR count). The summed E-state index contributed by atoms with van der Waals surface area (Å²) in [6, 6.07) is 10.0. The van der Waals surface area contributed by atoms with E-state index >= 15 is 0 Å². The van der Waals surface area contributed by atoms with Crippen LogP contribution in [0.25, 0.3) is 17.2 Å². The summed E-state index contributed by atoms with van der Waals surface area (Å²) >= 11 is 0. The van der Waals surface area contributed by atoms with Gasteiger partial charge in [0.05, 0.1) is 12.4 Å². The molecule has 11 heteroatoms. The number of anilines is 1. The lowest BCUT2D eigenvalue weighted by Crippen LogP contribution is -2.48. The van der Waals surface area contributed by atoms with Crippen molar-refractivity contribution in [3.05, 3.63) is 94.5 Å². The molecule has 0 aliphatic carbocycles. The lowest BCUT2D eigenvalue weighted by atomic mass is 9.87. The second kappa shape index (κ2) is 11.8. The molecule has 2 aromatic heterocycles. The van der Waals surface area contributed by atoms with Gasteiger partial charge in [0.1, 0.15) is 0 Å². The van der Waals surface area contributed by atoms with Crippen molar-refractivity contribution >= 4 is 17.7 Å². The number of imidazole rings is 1. The molecule has 0 saturated carbocycles. The van der Waals surface area contributed by atoms with Crippen LogP contribution in [0, 0.1) is 0 Å². The molecule has 45 heavy (non-hydrogen) atoms. The third-order valence-corrected chi connectivity index (χ3v) is 8.79. The third kappa shape index (κ3) is 5.88. The fourth-order valence-electron chi connectivity index (χ4n) is 6.50. The molecule has 0 N–H and O–H groups in total. The summed E-state index contributed by atoms with van der Waals surface area (Å²) in [6.45, 7) is 6.59. The number of fused-ring (bicyclic) bond motifs is 2. The Bertz CT molecular complexity index is 1750. The molecule has 0 spiro atoms. The largest absolute Gasteiger partial charge is 0.435 e. The molecule has 0 bridgehead atoms. The average Bonchev–Trinajstić information content (AvgIpc) is 3.66. The standard InChI is InChI=1S/C34H38F3N7O/c1-6-23-7-8-30-25(15-23)18-31(22(2)43(30)14-13-40(3)4)44-11-9-26-27(29-20-41(5)39-32(29)34(35,36)37)16-24(17-28(26)33(44)45)19-42-12-10-38-21-42/h7-8,10,12,15-18,20-22H,6,9,11,13-14,19H2,1-5H3. The van der Waals surface area contributed by atoms with Gasteiger partial charge in [-0.3, -0.25) is 9.48 Å². The second-order valence-electron chi connectivity index (χ2n) is 12.2. The Kier molecular flexibility index (Phi) is 8.07. The molecule has 2 aromatic carbocycles. The molecular weight excluding hydrogens is 579 g/mol. The smallest absolute Gasteiger partial charge is 0.362 e. The Balaban J connectivity index is 1.46. The van der Waals surface area contributed by atoms with Gasteiger partial charge >= 0.3 is 6.18 Å². The predicted molar refractivity (Wildman–Crippen MR) is 169 cm³/mol. The summed E-state index contributed by atoms with van der Waals surface area (Å²) < 4.78 is 45.5. The van der Waals surface area contributed by atoms with Gasteiger partial charge in [0.2, 0.25) is 0 Å². The first-order valence-electron chi connectivity index (χ1n) is 15.2. The van der Waals surface area contributed by atoms with E-state index in [0.29, 0.717) is 41.8 Å². The maximum atomic E-state index is 14.5. The SMILES string of the molecule is CCc1ccc2c(c1)C=C(N1CCc3c(cc(Cn4ccnc4)cc3-c3cn(C)nc3C(F)(F)F)C1=O)C(C)N2CCN(C)C. The molecule has 0 radical (unpaired) electrons. The first kappa shape index (κ1) is 30.6. The molecule has 1 atom stereocenters. The van der Waals surface area contributed by atoms with Crippen LogP contribution < -0.4 is 4.90 Å². The van der Waals surface area contributed by atoms with Crippen molar-refractivity contribution in [3.63, 3.8) is 0 Å². The monoisotopic (exact) mass is 617 g/mol. The number of aryl methyl sites for hydroxylation is 2. The highest BCUT2D eigenvalue weighted by Crippen LogP contribution is 2.42. The summed E-state index contributed by atoms with van der Waals surface area (Å²) in [5, 5.41) is 3.77. The Morgan fingerprint density at radius 3 is 2.53 bits per heavy atom. The minimum atomic E-state index is -4.64. The Hall–Kier alpha value is -4.38. The van der Waals surface area contributed by atoms with Crippen LogP contribution in [0.3, 0.4) is 0 Å². The highest BCUT2D eigenvalue weighted by atomic mass is 19.4. The van der Waals surface area contributed by atoms with E-state index in [2.05, 4.69) is 58.0 Å². The zero-order valence-electron chi connectivity index (χ0n) is 26.3. The molecular formula is C34H38F3N7O. The fourth-order valence-corrected chi connectivity index (χ4v) is 6.50. The van der Waals surface area contributed by atoms with E-state index in [1.165, 1.54) is 23.5 Å². The molecule has 0 saturated heterocycles. The van der Waals surface area contributed by atoms with Gasteiger partial charge in [-0.25, -0.2) is 4.98 Å². The second-order valence-corrected chi connectivity index (χ2v) is 12.2. The van der Waals surface area contributed by atoms with E-state index < -0.39 is 11.9 Å². The van der Waals surface area contributed by atoms with Gasteiger partial charge in [0, 0.05) is 74.3 Å². The predicted octanol–water partition coefficient (Wildman–Crippen LogP) is 5.72. The Morgan fingerprint density at radius 1 is 1.07 bits per heavy atom. The van der Waals surface area contributed by atoms with E-state index in [1.54, 1.807) is 24.8 Å². The van der Waals surface area contributed by atoms with E-state index in [4.69, 9.17) is 0 Å². The van der Waals surface area contributed by atoms with Crippen LogP contribution in [0.4, 0.5) is 18.9 Å². The number of rotatable bonds is 8. The summed E-state index contributed by atoms with van der Waals surface area (Å²) in [7, 11) is 5.57. The normalized spacial score (nSPS) is 16.7. The van der Waals surface area contributed by atoms with Gasteiger partial charge in [0.15, 0.2) is 5.69 Å². The van der Waals surface area contributed by atoms with Gasteiger partial charge in [-0.05, 0) is 92.0 Å². The highest BCUT2D eigenvalue weighted by molar-refractivity contribution is 6.01. The number of alkyl halides is 3. The van der Waals surface area contributed by atoms with Crippen LogP contribution >= 0.6 is 0 Å². The number of aromatic nitrogens is 4. The van der Waals surface area contributed by atoms with Crippen molar-refractivity contribution < 1.29 is 18.0 Å². The molecule has 1 amide bonds. The summed E-state index contributed by atoms with van der Waals surface area (Å²) in [6.07, 6.45) is 5.27. The van der Waals surface area contributed by atoms with Gasteiger partial charge in [-0.2, -0.15) is 18.3 Å². The number of benzene rings is 2. The van der Waals surface area contributed by atoms with Crippen LogP contribution in [0.2, 0.25) is 0 Å². The van der Waals surface area contributed by atoms with E-state index in [9.17, 15) is 18.0 Å². The van der Waals surface area contributed by atoms with Crippen molar-refractivity contribution in [2.75, 3.05) is 38.6 Å². The average molecular weight is 618 g/mol. The zero-order valence-corrected chi connectivity index (χ0v) is 26.3. The number of hydrogen-bond donors (Lipinski definition) is 0. The molecule has 236 valence electrons. The van der Waals surface area contributed by atoms with Crippen molar-refractivity contribution in [2.45, 2.75) is 45.5 Å². The van der Waals surface area contributed by atoms with Gasteiger partial charge < -0.3 is 19.3 Å². The van der Waals surface area contributed by atoms with Crippen molar-refractivity contribution in [2.24, 2.45) is 7.05 Å². The number of carbonyl (C=O) groups excluding carboxylic acids is 1. The first-order chi connectivity index (χ1) is 21.4. The van der Waals surface area contributed by atoms with Crippen LogP contribution in [0.5, 0.6) is 0 Å². The highest BCUT2D eigenvalue weighted by Gasteiger charge is 2.40. The molecule has 4 heterocycles. The van der Waals surface area contributed by atoms with E-state index in [1.807, 2.05) is 29.6 Å². The maximum Gasteiger partial charge on any atom is 0.435 e. The number of carbonyl (C=O) groups is 1. The number of amides is 1. The molecule has 1 unspecified atom stereocenters. The Labute approximate surface area is 261 Å². The summed E-state index contributed by atoms with van der Waals surface area (Å²) in [5.74, 6) is -0.205. The topological polar surface area (TPSA) is 62.4 Å². The lowest BCUT2D eigenvalue weighted by Gasteiger charge is -2.43. The molecule has 8 nitrogen and oxygen atoms in total. The number of halogens is 3. The molecule has 0 fully saturated rings. The third-order valence-electron chi connectivity index (χ3n) is 8.79. The maximum absolute atomic E-state index is 14.5. The van der Waals surface area contributed by atoms with Crippen molar-refractivity contribution in [3.8, 4) is 11.1 Å². The summed E-state index contributed by atoms with van der Waals surface area (Å²) in [5.41, 5.74) is 5.49. The zero-order chi connectivity index (χ0) is 32.0. The van der Waals surface area contributed by atoms with Gasteiger partial charge in [-0.1, -0.05) is 13.0 Å².